The maximum absolute atomic E-state index is 9.40. The Labute approximate surface area is 104 Å². The molecule has 17 heavy (non-hydrogen) atoms. The Hall–Kier alpha value is -0.800. The van der Waals surface area contributed by atoms with Gasteiger partial charge in [-0.05, 0) is 44.3 Å². The van der Waals surface area contributed by atoms with E-state index in [2.05, 4.69) is 17.4 Å². The molecular formula is C14H22NO2. The lowest BCUT2D eigenvalue weighted by Crippen LogP contribution is -2.36. The summed E-state index contributed by atoms with van der Waals surface area (Å²) in [6.45, 7) is 3.91. The van der Waals surface area contributed by atoms with Crippen molar-refractivity contribution in [3.05, 3.63) is 30.4 Å². The van der Waals surface area contributed by atoms with Crippen molar-refractivity contribution < 1.29 is 9.84 Å². The van der Waals surface area contributed by atoms with Crippen LogP contribution >= 0.6 is 0 Å². The topological polar surface area (TPSA) is 32.7 Å². The normalized spacial score (nSPS) is 22.5. The molecule has 0 bridgehead atoms. The standard InChI is InChI=1S/C14H22NO2/c16-13-7-10-15(11-8-13)9-4-12-17-14-5-2-1-3-6-14/h2-3,5-6,13,16H,1,4,7-12H2. The highest BCUT2D eigenvalue weighted by molar-refractivity contribution is 5.21. The molecule has 1 fully saturated rings. The molecule has 0 unspecified atom stereocenters. The number of piperidine rings is 1. The molecule has 2 aliphatic rings. The van der Waals surface area contributed by atoms with Gasteiger partial charge in [0.1, 0.15) is 5.76 Å². The van der Waals surface area contributed by atoms with Gasteiger partial charge in [-0.25, -0.2) is 0 Å². The van der Waals surface area contributed by atoms with Crippen molar-refractivity contribution in [3.63, 3.8) is 0 Å². The molecule has 1 saturated heterocycles. The molecular weight excluding hydrogens is 214 g/mol. The molecule has 1 aliphatic heterocycles. The Balaban J connectivity index is 1.54. The first-order chi connectivity index (χ1) is 8.34. The van der Waals surface area contributed by atoms with Gasteiger partial charge in [-0.3, -0.25) is 0 Å². The second-order valence-corrected chi connectivity index (χ2v) is 4.72. The third-order valence-corrected chi connectivity index (χ3v) is 3.28. The van der Waals surface area contributed by atoms with E-state index in [0.29, 0.717) is 0 Å². The van der Waals surface area contributed by atoms with Gasteiger partial charge in [0.2, 0.25) is 0 Å². The molecule has 0 spiro atoms. The summed E-state index contributed by atoms with van der Waals surface area (Å²) in [6.07, 6.45) is 12.1. The number of hydrogen-bond donors (Lipinski definition) is 1. The molecule has 0 saturated carbocycles. The molecule has 3 nitrogen and oxygen atoms in total. The van der Waals surface area contributed by atoms with E-state index in [1.54, 1.807) is 0 Å². The summed E-state index contributed by atoms with van der Waals surface area (Å²) in [6, 6.07) is 0. The number of aliphatic hydroxyl groups is 1. The highest BCUT2D eigenvalue weighted by Crippen LogP contribution is 2.12. The Morgan fingerprint density at radius 3 is 2.88 bits per heavy atom. The van der Waals surface area contributed by atoms with Crippen LogP contribution < -0.4 is 0 Å². The number of nitrogens with zero attached hydrogens (tertiary/aromatic N) is 1. The zero-order valence-electron chi connectivity index (χ0n) is 10.3. The number of allylic oxidation sites excluding steroid dienone is 3. The molecule has 1 aliphatic carbocycles. The summed E-state index contributed by atoms with van der Waals surface area (Å²) in [4.78, 5) is 2.41. The Morgan fingerprint density at radius 2 is 2.18 bits per heavy atom. The number of ether oxygens (including phenoxy) is 1. The van der Waals surface area contributed by atoms with E-state index in [1.807, 2.05) is 12.2 Å². The molecule has 3 heteroatoms. The predicted molar refractivity (Wildman–Crippen MR) is 68.4 cm³/mol. The van der Waals surface area contributed by atoms with Crippen LogP contribution in [-0.2, 0) is 4.74 Å². The second-order valence-electron chi connectivity index (χ2n) is 4.72. The number of hydrogen-bond acceptors (Lipinski definition) is 3. The van der Waals surface area contributed by atoms with E-state index in [-0.39, 0.29) is 6.10 Å². The van der Waals surface area contributed by atoms with Crippen molar-refractivity contribution in [1.82, 2.24) is 4.90 Å². The fraction of sp³-hybridized carbons (Fsp3) is 0.643. The van der Waals surface area contributed by atoms with Gasteiger partial charge in [0.05, 0.1) is 12.7 Å². The van der Waals surface area contributed by atoms with E-state index in [4.69, 9.17) is 4.74 Å². The Kier molecular flexibility index (Phi) is 5.08. The van der Waals surface area contributed by atoms with E-state index < -0.39 is 0 Å². The summed E-state index contributed by atoms with van der Waals surface area (Å²) in [7, 11) is 0. The van der Waals surface area contributed by atoms with Crippen LogP contribution in [0.5, 0.6) is 0 Å². The quantitative estimate of drug-likeness (QED) is 0.740. The lowest BCUT2D eigenvalue weighted by Gasteiger charge is -2.29. The molecule has 95 valence electrons. The Morgan fingerprint density at radius 1 is 1.35 bits per heavy atom. The van der Waals surface area contributed by atoms with Gasteiger partial charge in [-0.15, -0.1) is 0 Å². The molecule has 0 aromatic carbocycles. The largest absolute Gasteiger partial charge is 0.494 e. The van der Waals surface area contributed by atoms with Gasteiger partial charge in [-0.2, -0.15) is 0 Å². The number of likely N-dealkylation sites (tertiary alicyclic amines) is 1. The second kappa shape index (κ2) is 6.82. The average molecular weight is 236 g/mol. The van der Waals surface area contributed by atoms with Gasteiger partial charge < -0.3 is 14.7 Å². The van der Waals surface area contributed by atoms with Crippen LogP contribution in [0.1, 0.15) is 25.7 Å². The van der Waals surface area contributed by atoms with Crippen molar-refractivity contribution in [2.75, 3.05) is 26.2 Å². The summed E-state index contributed by atoms with van der Waals surface area (Å²) < 4.78 is 5.66. The van der Waals surface area contributed by atoms with E-state index in [9.17, 15) is 5.11 Å². The van der Waals surface area contributed by atoms with Gasteiger partial charge in [0, 0.05) is 19.6 Å². The van der Waals surface area contributed by atoms with Crippen LogP contribution in [0.4, 0.5) is 0 Å². The lowest BCUT2D eigenvalue weighted by molar-refractivity contribution is 0.0781. The van der Waals surface area contributed by atoms with Crippen molar-refractivity contribution >= 4 is 0 Å². The molecule has 0 aromatic rings. The average Bonchev–Trinajstić information content (AvgIpc) is 2.38. The van der Waals surface area contributed by atoms with Crippen molar-refractivity contribution in [2.24, 2.45) is 0 Å². The molecule has 0 atom stereocenters. The molecule has 0 amide bonds. The van der Waals surface area contributed by atoms with E-state index in [1.165, 1.54) is 0 Å². The summed E-state index contributed by atoms with van der Waals surface area (Å²) in [5, 5.41) is 9.40. The minimum absolute atomic E-state index is 0.0735. The van der Waals surface area contributed by atoms with Crippen molar-refractivity contribution in [1.29, 1.82) is 0 Å². The van der Waals surface area contributed by atoms with Crippen molar-refractivity contribution in [3.8, 4) is 0 Å². The fourth-order valence-corrected chi connectivity index (χ4v) is 2.22. The smallest absolute Gasteiger partial charge is 0.115 e. The molecule has 1 radical (unpaired) electrons. The monoisotopic (exact) mass is 236 g/mol. The molecule has 2 rings (SSSR count). The van der Waals surface area contributed by atoms with Crippen LogP contribution in [0.3, 0.4) is 0 Å². The summed E-state index contributed by atoms with van der Waals surface area (Å²) in [5.41, 5.74) is 0. The molecule has 1 N–H and O–H groups in total. The summed E-state index contributed by atoms with van der Waals surface area (Å²) in [5.74, 6) is 0.977. The van der Waals surface area contributed by atoms with Crippen LogP contribution in [0.25, 0.3) is 0 Å². The third kappa shape index (κ3) is 4.52. The highest BCUT2D eigenvalue weighted by atomic mass is 16.5. The van der Waals surface area contributed by atoms with Gasteiger partial charge >= 0.3 is 0 Å². The molecule has 0 aromatic heterocycles. The molecule has 1 heterocycles. The number of rotatable bonds is 5. The van der Waals surface area contributed by atoms with Gasteiger partial charge in [0.25, 0.3) is 0 Å². The van der Waals surface area contributed by atoms with Crippen LogP contribution in [0.15, 0.2) is 24.0 Å². The van der Waals surface area contributed by atoms with E-state index in [0.717, 1.165) is 57.7 Å². The third-order valence-electron chi connectivity index (χ3n) is 3.28. The lowest BCUT2D eigenvalue weighted by atomic mass is 10.1. The van der Waals surface area contributed by atoms with Crippen LogP contribution in [0, 0.1) is 6.42 Å². The van der Waals surface area contributed by atoms with Crippen LogP contribution in [0.2, 0.25) is 0 Å². The van der Waals surface area contributed by atoms with E-state index >= 15 is 0 Å². The first-order valence-electron chi connectivity index (χ1n) is 6.58. The zero-order valence-corrected chi connectivity index (χ0v) is 10.3. The maximum Gasteiger partial charge on any atom is 0.115 e. The number of aliphatic hydroxyl groups excluding tert-OH is 1. The van der Waals surface area contributed by atoms with Crippen LogP contribution in [-0.4, -0.2) is 42.4 Å². The maximum atomic E-state index is 9.40. The summed E-state index contributed by atoms with van der Waals surface area (Å²) >= 11 is 0. The minimum Gasteiger partial charge on any atom is -0.494 e. The Bertz CT molecular complexity index is 278. The van der Waals surface area contributed by atoms with Gasteiger partial charge in [-0.1, -0.05) is 6.08 Å². The zero-order chi connectivity index (χ0) is 11.9. The predicted octanol–water partition coefficient (Wildman–Crippen LogP) is 1.90. The first-order valence-corrected chi connectivity index (χ1v) is 6.58. The SMILES string of the molecule is OC1CCN(CCCOC2=C[CH]CC=C2)CC1. The minimum atomic E-state index is -0.0735. The highest BCUT2D eigenvalue weighted by Gasteiger charge is 2.16. The fourth-order valence-electron chi connectivity index (χ4n) is 2.22. The van der Waals surface area contributed by atoms with Gasteiger partial charge in [0.15, 0.2) is 0 Å². The van der Waals surface area contributed by atoms with Crippen molar-refractivity contribution in [2.45, 2.75) is 31.8 Å². The first kappa shape index (κ1) is 12.7.